The molecule has 0 aliphatic carbocycles. The number of carbonyl (C=O) groups is 1. The molecule has 2 heterocycles. The number of nitrogens with zero attached hydrogens (tertiary/aromatic N) is 3. The molecule has 5 heteroatoms. The SMILES string of the molecule is CCCCN(C)C(=O)c1c(C)nc2ccc(F)cn12. The molecule has 0 bridgehead atoms. The fourth-order valence-electron chi connectivity index (χ4n) is 2.07. The smallest absolute Gasteiger partial charge is 0.272 e. The van der Waals surface area contributed by atoms with Gasteiger partial charge in [0.1, 0.15) is 17.2 Å². The van der Waals surface area contributed by atoms with Gasteiger partial charge in [0.05, 0.1) is 5.69 Å². The molecule has 0 atom stereocenters. The van der Waals surface area contributed by atoms with Crippen LogP contribution in [-0.4, -0.2) is 33.8 Å². The quantitative estimate of drug-likeness (QED) is 0.850. The van der Waals surface area contributed by atoms with Gasteiger partial charge < -0.3 is 4.90 Å². The van der Waals surface area contributed by atoms with Gasteiger partial charge in [-0.1, -0.05) is 13.3 Å². The topological polar surface area (TPSA) is 37.6 Å². The number of rotatable bonds is 4. The summed E-state index contributed by atoms with van der Waals surface area (Å²) in [7, 11) is 1.76. The third kappa shape index (κ3) is 2.59. The second-order valence-corrected chi connectivity index (χ2v) is 4.70. The number of pyridine rings is 1. The number of aromatic nitrogens is 2. The van der Waals surface area contributed by atoms with Crippen molar-refractivity contribution in [3.8, 4) is 0 Å². The van der Waals surface area contributed by atoms with E-state index in [4.69, 9.17) is 0 Å². The van der Waals surface area contributed by atoms with Crippen LogP contribution in [0.2, 0.25) is 0 Å². The number of hydrogen-bond donors (Lipinski definition) is 0. The Balaban J connectivity index is 2.41. The number of aryl methyl sites for hydroxylation is 1. The van der Waals surface area contributed by atoms with Gasteiger partial charge in [-0.3, -0.25) is 9.20 Å². The maximum absolute atomic E-state index is 13.3. The van der Waals surface area contributed by atoms with Crippen molar-refractivity contribution in [1.82, 2.24) is 14.3 Å². The predicted molar refractivity (Wildman–Crippen MR) is 71.8 cm³/mol. The van der Waals surface area contributed by atoms with Crippen LogP contribution in [0.25, 0.3) is 5.65 Å². The molecule has 2 rings (SSSR count). The summed E-state index contributed by atoms with van der Waals surface area (Å²) >= 11 is 0. The van der Waals surface area contributed by atoms with Crippen LogP contribution in [0.5, 0.6) is 0 Å². The van der Waals surface area contributed by atoms with Crippen molar-refractivity contribution in [1.29, 1.82) is 0 Å². The average molecular weight is 263 g/mol. The molecular formula is C14H18FN3O. The van der Waals surface area contributed by atoms with Crippen LogP contribution in [-0.2, 0) is 0 Å². The lowest BCUT2D eigenvalue weighted by Gasteiger charge is -2.16. The Morgan fingerprint density at radius 2 is 2.21 bits per heavy atom. The molecule has 0 unspecified atom stereocenters. The van der Waals surface area contributed by atoms with E-state index in [-0.39, 0.29) is 11.7 Å². The summed E-state index contributed by atoms with van der Waals surface area (Å²) in [6, 6.07) is 2.92. The summed E-state index contributed by atoms with van der Waals surface area (Å²) in [6.45, 7) is 4.54. The average Bonchev–Trinajstić information content (AvgIpc) is 2.70. The van der Waals surface area contributed by atoms with Crippen LogP contribution in [0.15, 0.2) is 18.3 Å². The maximum atomic E-state index is 13.3. The lowest BCUT2D eigenvalue weighted by atomic mass is 10.2. The van der Waals surface area contributed by atoms with Crippen LogP contribution in [0, 0.1) is 12.7 Å². The van der Waals surface area contributed by atoms with Crippen LogP contribution < -0.4 is 0 Å². The first-order valence-electron chi connectivity index (χ1n) is 6.44. The largest absolute Gasteiger partial charge is 0.340 e. The van der Waals surface area contributed by atoms with E-state index in [0.29, 0.717) is 23.6 Å². The highest BCUT2D eigenvalue weighted by atomic mass is 19.1. The monoisotopic (exact) mass is 263 g/mol. The Morgan fingerprint density at radius 3 is 2.89 bits per heavy atom. The van der Waals surface area contributed by atoms with Gasteiger partial charge in [-0.2, -0.15) is 0 Å². The van der Waals surface area contributed by atoms with Gasteiger partial charge >= 0.3 is 0 Å². The molecular weight excluding hydrogens is 245 g/mol. The highest BCUT2D eigenvalue weighted by Crippen LogP contribution is 2.15. The van der Waals surface area contributed by atoms with Gasteiger partial charge in [-0.15, -0.1) is 0 Å². The van der Waals surface area contributed by atoms with Crippen molar-refractivity contribution in [2.75, 3.05) is 13.6 Å². The zero-order valence-electron chi connectivity index (χ0n) is 11.5. The van der Waals surface area contributed by atoms with Crippen LogP contribution in [0.1, 0.15) is 35.9 Å². The Labute approximate surface area is 111 Å². The highest BCUT2D eigenvalue weighted by molar-refractivity contribution is 5.94. The molecule has 1 amide bonds. The standard InChI is InChI=1S/C14H18FN3O/c1-4-5-8-17(3)14(19)13-10(2)16-12-7-6-11(15)9-18(12)13/h6-7,9H,4-5,8H2,1-3H3. The van der Waals surface area contributed by atoms with Crippen molar-refractivity contribution in [3.05, 3.63) is 35.5 Å². The molecule has 2 aromatic rings. The number of unbranched alkanes of at least 4 members (excludes halogenated alkanes) is 1. The zero-order valence-corrected chi connectivity index (χ0v) is 11.5. The van der Waals surface area contributed by atoms with Crippen molar-refractivity contribution in [3.63, 3.8) is 0 Å². The van der Waals surface area contributed by atoms with Gasteiger partial charge in [0, 0.05) is 19.8 Å². The van der Waals surface area contributed by atoms with Crippen LogP contribution in [0.3, 0.4) is 0 Å². The van der Waals surface area contributed by atoms with E-state index in [9.17, 15) is 9.18 Å². The molecule has 0 spiro atoms. The molecule has 0 N–H and O–H groups in total. The van der Waals surface area contributed by atoms with Gasteiger partial charge in [0.15, 0.2) is 0 Å². The van der Waals surface area contributed by atoms with Gasteiger partial charge in [-0.05, 0) is 25.5 Å². The second kappa shape index (κ2) is 5.38. The summed E-state index contributed by atoms with van der Waals surface area (Å²) in [5, 5.41) is 0. The summed E-state index contributed by atoms with van der Waals surface area (Å²) in [4.78, 5) is 18.3. The predicted octanol–water partition coefficient (Wildman–Crippen LogP) is 2.65. The summed E-state index contributed by atoms with van der Waals surface area (Å²) in [6.07, 6.45) is 3.28. The Morgan fingerprint density at radius 1 is 1.47 bits per heavy atom. The normalized spacial score (nSPS) is 10.9. The molecule has 0 saturated heterocycles. The van der Waals surface area contributed by atoms with Gasteiger partial charge in [0.25, 0.3) is 5.91 Å². The summed E-state index contributed by atoms with van der Waals surface area (Å²) < 4.78 is 14.8. The number of imidazole rings is 1. The molecule has 2 aromatic heterocycles. The van der Waals surface area contributed by atoms with E-state index in [1.54, 1.807) is 24.9 Å². The van der Waals surface area contributed by atoms with E-state index >= 15 is 0 Å². The Hall–Kier alpha value is -1.91. The van der Waals surface area contributed by atoms with E-state index in [1.807, 2.05) is 0 Å². The van der Waals surface area contributed by atoms with Gasteiger partial charge in [0.2, 0.25) is 0 Å². The van der Waals surface area contributed by atoms with Crippen LogP contribution in [0.4, 0.5) is 4.39 Å². The molecule has 0 radical (unpaired) electrons. The minimum absolute atomic E-state index is 0.121. The van der Waals surface area contributed by atoms with Crippen molar-refractivity contribution in [2.24, 2.45) is 0 Å². The second-order valence-electron chi connectivity index (χ2n) is 4.70. The molecule has 0 aromatic carbocycles. The van der Waals surface area contributed by atoms with Crippen molar-refractivity contribution >= 4 is 11.6 Å². The molecule has 0 aliphatic heterocycles. The Kier molecular flexibility index (Phi) is 3.83. The molecule has 4 nitrogen and oxygen atoms in total. The molecule has 0 saturated carbocycles. The van der Waals surface area contributed by atoms with E-state index in [0.717, 1.165) is 12.8 Å². The Bertz CT molecular complexity index is 606. The van der Waals surface area contributed by atoms with Crippen molar-refractivity contribution < 1.29 is 9.18 Å². The first kappa shape index (κ1) is 13.5. The lowest BCUT2D eigenvalue weighted by Crippen LogP contribution is -2.29. The van der Waals surface area contributed by atoms with Crippen molar-refractivity contribution in [2.45, 2.75) is 26.7 Å². The molecule has 19 heavy (non-hydrogen) atoms. The van der Waals surface area contributed by atoms with E-state index in [2.05, 4.69) is 11.9 Å². The van der Waals surface area contributed by atoms with E-state index < -0.39 is 0 Å². The molecule has 102 valence electrons. The highest BCUT2D eigenvalue weighted by Gasteiger charge is 2.20. The number of carbonyl (C=O) groups excluding carboxylic acids is 1. The van der Waals surface area contributed by atoms with E-state index in [1.165, 1.54) is 16.7 Å². The first-order valence-corrected chi connectivity index (χ1v) is 6.44. The third-order valence-corrected chi connectivity index (χ3v) is 3.15. The summed E-state index contributed by atoms with van der Waals surface area (Å²) in [5.41, 5.74) is 1.65. The number of halogens is 1. The van der Waals surface area contributed by atoms with Crippen LogP contribution >= 0.6 is 0 Å². The minimum atomic E-state index is -0.379. The fraction of sp³-hybridized carbons (Fsp3) is 0.429. The number of fused-ring (bicyclic) bond motifs is 1. The number of hydrogen-bond acceptors (Lipinski definition) is 2. The third-order valence-electron chi connectivity index (χ3n) is 3.15. The van der Waals surface area contributed by atoms with Gasteiger partial charge in [-0.25, -0.2) is 9.37 Å². The maximum Gasteiger partial charge on any atom is 0.272 e. The zero-order chi connectivity index (χ0) is 14.0. The molecule has 0 fully saturated rings. The number of amides is 1. The minimum Gasteiger partial charge on any atom is -0.340 e. The summed E-state index contributed by atoms with van der Waals surface area (Å²) in [5.74, 6) is -0.501. The first-order chi connectivity index (χ1) is 9.04. The fourth-order valence-corrected chi connectivity index (χ4v) is 2.07. The molecule has 0 aliphatic rings. The lowest BCUT2D eigenvalue weighted by molar-refractivity contribution is 0.0785.